The summed E-state index contributed by atoms with van der Waals surface area (Å²) in [6.45, 7) is 2.00. The second kappa shape index (κ2) is 4.02. The first-order valence-corrected chi connectivity index (χ1v) is 5.91. The van der Waals surface area contributed by atoms with Gasteiger partial charge in [-0.1, -0.05) is 29.8 Å². The zero-order valence-electron chi connectivity index (χ0n) is 10.2. The van der Waals surface area contributed by atoms with Crippen LogP contribution >= 0.6 is 0 Å². The Morgan fingerprint density at radius 2 is 1.58 bits per heavy atom. The molecule has 0 fully saturated rings. The van der Waals surface area contributed by atoms with Gasteiger partial charge in [-0.15, -0.1) is 13.2 Å². The zero-order valence-corrected chi connectivity index (χ0v) is 10.2. The third-order valence-electron chi connectivity index (χ3n) is 3.24. The first kappa shape index (κ1) is 12.1. The van der Waals surface area contributed by atoms with Crippen molar-refractivity contribution in [3.05, 3.63) is 53.1 Å². The molecule has 4 heteroatoms. The van der Waals surface area contributed by atoms with E-state index in [-0.39, 0.29) is 5.75 Å². The number of benzene rings is 2. The van der Waals surface area contributed by atoms with E-state index in [1.807, 2.05) is 19.1 Å². The summed E-state index contributed by atoms with van der Waals surface area (Å²) in [6.07, 6.45) is -3.99. The molecule has 0 aliphatic heterocycles. The van der Waals surface area contributed by atoms with E-state index in [0.29, 0.717) is 6.42 Å². The lowest BCUT2D eigenvalue weighted by Crippen LogP contribution is -2.17. The molecule has 0 heterocycles. The van der Waals surface area contributed by atoms with Crippen LogP contribution in [0.25, 0.3) is 11.1 Å². The summed E-state index contributed by atoms with van der Waals surface area (Å²) in [5.74, 6) is -0.157. The predicted octanol–water partition coefficient (Wildman–Crippen LogP) is 4.46. The van der Waals surface area contributed by atoms with Crippen molar-refractivity contribution in [1.29, 1.82) is 0 Å². The molecule has 0 atom stereocenters. The Hall–Kier alpha value is -1.97. The van der Waals surface area contributed by atoms with Crippen LogP contribution in [0.4, 0.5) is 13.2 Å². The molecule has 2 aromatic rings. The number of hydrogen-bond donors (Lipinski definition) is 0. The van der Waals surface area contributed by atoms with Crippen LogP contribution in [0.15, 0.2) is 36.4 Å². The predicted molar refractivity (Wildman–Crippen MR) is 66.1 cm³/mol. The molecule has 2 aromatic carbocycles. The maximum absolute atomic E-state index is 12.2. The van der Waals surface area contributed by atoms with Gasteiger partial charge in [-0.2, -0.15) is 0 Å². The van der Waals surface area contributed by atoms with Crippen molar-refractivity contribution in [2.45, 2.75) is 19.7 Å². The van der Waals surface area contributed by atoms with E-state index in [9.17, 15) is 13.2 Å². The number of ether oxygens (including phenoxy) is 1. The average Bonchev–Trinajstić information content (AvgIpc) is 2.62. The quantitative estimate of drug-likeness (QED) is 0.630. The fourth-order valence-corrected chi connectivity index (χ4v) is 2.51. The van der Waals surface area contributed by atoms with E-state index in [1.165, 1.54) is 12.1 Å². The molecule has 19 heavy (non-hydrogen) atoms. The molecule has 1 nitrogen and oxygen atoms in total. The molecule has 3 rings (SSSR count). The minimum Gasteiger partial charge on any atom is -0.406 e. The molecule has 0 bridgehead atoms. The molecule has 0 spiro atoms. The number of halogens is 3. The minimum absolute atomic E-state index is 0.157. The van der Waals surface area contributed by atoms with Crippen molar-refractivity contribution in [2.24, 2.45) is 0 Å². The smallest absolute Gasteiger partial charge is 0.406 e. The Morgan fingerprint density at radius 3 is 2.26 bits per heavy atom. The number of hydrogen-bond acceptors (Lipinski definition) is 1. The van der Waals surface area contributed by atoms with Gasteiger partial charge in [0.2, 0.25) is 0 Å². The lowest BCUT2D eigenvalue weighted by Gasteiger charge is -2.10. The second-order valence-corrected chi connectivity index (χ2v) is 4.70. The van der Waals surface area contributed by atoms with E-state index in [0.717, 1.165) is 27.8 Å². The fraction of sp³-hybridized carbons (Fsp3) is 0.200. The number of rotatable bonds is 1. The fourth-order valence-electron chi connectivity index (χ4n) is 2.51. The van der Waals surface area contributed by atoms with Crippen LogP contribution in [0.5, 0.6) is 5.75 Å². The normalized spacial score (nSPS) is 13.1. The Bertz CT molecular complexity index is 644. The van der Waals surface area contributed by atoms with E-state index in [2.05, 4.69) is 10.8 Å². The van der Waals surface area contributed by atoms with Crippen molar-refractivity contribution in [2.75, 3.05) is 0 Å². The Labute approximate surface area is 108 Å². The van der Waals surface area contributed by atoms with Crippen molar-refractivity contribution in [3.8, 4) is 16.9 Å². The average molecular weight is 264 g/mol. The van der Waals surface area contributed by atoms with Gasteiger partial charge in [-0.05, 0) is 47.7 Å². The zero-order chi connectivity index (χ0) is 13.6. The molecule has 1 aliphatic rings. The molecule has 0 aromatic heterocycles. The van der Waals surface area contributed by atoms with Gasteiger partial charge in [0.15, 0.2) is 0 Å². The molecule has 0 saturated heterocycles. The standard InChI is InChI=1S/C15H11F3O/c1-9-2-4-13-10(6-9)7-11-8-12(3-5-14(11)13)19-15(16,17)18/h2-6,8H,7H2,1H3. The topological polar surface area (TPSA) is 9.23 Å². The third kappa shape index (κ3) is 2.30. The molecule has 0 saturated carbocycles. The summed E-state index contributed by atoms with van der Waals surface area (Å²) in [5.41, 5.74) is 5.27. The van der Waals surface area contributed by atoms with Gasteiger partial charge in [-0.3, -0.25) is 0 Å². The van der Waals surface area contributed by atoms with E-state index < -0.39 is 6.36 Å². The van der Waals surface area contributed by atoms with E-state index >= 15 is 0 Å². The first-order chi connectivity index (χ1) is 8.92. The van der Waals surface area contributed by atoms with E-state index in [1.54, 1.807) is 6.07 Å². The maximum Gasteiger partial charge on any atom is 0.573 e. The van der Waals surface area contributed by atoms with Crippen molar-refractivity contribution in [3.63, 3.8) is 0 Å². The van der Waals surface area contributed by atoms with Crippen LogP contribution < -0.4 is 4.74 Å². The summed E-state index contributed by atoms with van der Waals surface area (Å²) in [5, 5.41) is 0. The molecular weight excluding hydrogens is 253 g/mol. The van der Waals surface area contributed by atoms with Gasteiger partial charge in [-0.25, -0.2) is 0 Å². The number of alkyl halides is 3. The summed E-state index contributed by atoms with van der Waals surface area (Å²) in [4.78, 5) is 0. The first-order valence-electron chi connectivity index (χ1n) is 5.91. The van der Waals surface area contributed by atoms with Crippen LogP contribution in [0.2, 0.25) is 0 Å². The van der Waals surface area contributed by atoms with Gasteiger partial charge in [0.05, 0.1) is 0 Å². The maximum atomic E-state index is 12.2. The van der Waals surface area contributed by atoms with Gasteiger partial charge < -0.3 is 4.74 Å². The number of aryl methyl sites for hydroxylation is 1. The van der Waals surface area contributed by atoms with Gasteiger partial charge >= 0.3 is 6.36 Å². The Balaban J connectivity index is 1.98. The van der Waals surface area contributed by atoms with Gasteiger partial charge in [0, 0.05) is 0 Å². The molecule has 0 radical (unpaired) electrons. The third-order valence-corrected chi connectivity index (χ3v) is 3.24. The van der Waals surface area contributed by atoms with Gasteiger partial charge in [0.1, 0.15) is 5.75 Å². The molecular formula is C15H11F3O. The van der Waals surface area contributed by atoms with Crippen LogP contribution in [-0.2, 0) is 6.42 Å². The molecule has 0 N–H and O–H groups in total. The van der Waals surface area contributed by atoms with Gasteiger partial charge in [0.25, 0.3) is 0 Å². The Morgan fingerprint density at radius 1 is 0.947 bits per heavy atom. The number of fused-ring (bicyclic) bond motifs is 3. The summed E-state index contributed by atoms with van der Waals surface area (Å²) in [7, 11) is 0. The van der Waals surface area contributed by atoms with Crippen molar-refractivity contribution in [1.82, 2.24) is 0 Å². The van der Waals surface area contributed by atoms with Crippen LogP contribution in [0.3, 0.4) is 0 Å². The minimum atomic E-state index is -4.64. The molecule has 1 aliphatic carbocycles. The highest BCUT2D eigenvalue weighted by Gasteiger charge is 2.31. The highest BCUT2D eigenvalue weighted by atomic mass is 19.4. The molecule has 0 unspecified atom stereocenters. The largest absolute Gasteiger partial charge is 0.573 e. The highest BCUT2D eigenvalue weighted by molar-refractivity contribution is 5.77. The summed E-state index contributed by atoms with van der Waals surface area (Å²) >= 11 is 0. The van der Waals surface area contributed by atoms with Crippen LogP contribution in [-0.4, -0.2) is 6.36 Å². The van der Waals surface area contributed by atoms with Crippen LogP contribution in [0, 0.1) is 6.92 Å². The summed E-state index contributed by atoms with van der Waals surface area (Å²) in [6, 6.07) is 10.6. The van der Waals surface area contributed by atoms with E-state index in [4.69, 9.17) is 0 Å². The highest BCUT2D eigenvalue weighted by Crippen LogP contribution is 2.39. The lowest BCUT2D eigenvalue weighted by molar-refractivity contribution is -0.274. The summed E-state index contributed by atoms with van der Waals surface area (Å²) < 4.78 is 40.5. The monoisotopic (exact) mass is 264 g/mol. The Kier molecular flexibility index (Phi) is 2.55. The van der Waals surface area contributed by atoms with Crippen molar-refractivity contribution < 1.29 is 17.9 Å². The van der Waals surface area contributed by atoms with Crippen LogP contribution in [0.1, 0.15) is 16.7 Å². The van der Waals surface area contributed by atoms with Crippen molar-refractivity contribution >= 4 is 0 Å². The lowest BCUT2D eigenvalue weighted by atomic mass is 10.0. The second-order valence-electron chi connectivity index (χ2n) is 4.70. The SMILES string of the molecule is Cc1ccc2c(c1)Cc1cc(OC(F)(F)F)ccc1-2. The molecule has 98 valence electrons. The molecule has 0 amide bonds.